The maximum Gasteiger partial charge on any atom is 0.313 e. The van der Waals surface area contributed by atoms with E-state index in [-0.39, 0.29) is 5.92 Å². The van der Waals surface area contributed by atoms with Gasteiger partial charge >= 0.3 is 11.8 Å². The van der Waals surface area contributed by atoms with E-state index in [2.05, 4.69) is 26.6 Å². The summed E-state index contributed by atoms with van der Waals surface area (Å²) in [6.07, 6.45) is 0. The topological polar surface area (TPSA) is 58.2 Å². The molecular formula is C17H17BrN2O2. The third-order valence-electron chi connectivity index (χ3n) is 3.25. The van der Waals surface area contributed by atoms with Crippen LogP contribution >= 0.6 is 15.9 Å². The Morgan fingerprint density at radius 1 is 1.00 bits per heavy atom. The molecule has 0 saturated heterocycles. The van der Waals surface area contributed by atoms with Crippen molar-refractivity contribution in [2.45, 2.75) is 12.8 Å². The highest BCUT2D eigenvalue weighted by atomic mass is 79.9. The van der Waals surface area contributed by atoms with Gasteiger partial charge in [0.25, 0.3) is 0 Å². The van der Waals surface area contributed by atoms with Crippen LogP contribution in [0.2, 0.25) is 0 Å². The molecule has 2 aromatic carbocycles. The van der Waals surface area contributed by atoms with Crippen LogP contribution in [0.5, 0.6) is 0 Å². The molecular weight excluding hydrogens is 344 g/mol. The summed E-state index contributed by atoms with van der Waals surface area (Å²) in [5.41, 5.74) is 1.70. The molecule has 0 unspecified atom stereocenters. The number of nitrogens with one attached hydrogen (secondary N) is 2. The maximum absolute atomic E-state index is 11.8. The third kappa shape index (κ3) is 4.70. The summed E-state index contributed by atoms with van der Waals surface area (Å²) in [5, 5.41) is 5.21. The van der Waals surface area contributed by atoms with Crippen LogP contribution in [0, 0.1) is 0 Å². The summed E-state index contributed by atoms with van der Waals surface area (Å²) in [6, 6.07) is 16.9. The lowest BCUT2D eigenvalue weighted by Crippen LogP contribution is -2.37. The molecule has 2 rings (SSSR count). The van der Waals surface area contributed by atoms with Crippen LogP contribution in [-0.4, -0.2) is 18.4 Å². The normalized spacial score (nSPS) is 11.5. The fourth-order valence-electron chi connectivity index (χ4n) is 1.95. The zero-order valence-electron chi connectivity index (χ0n) is 12.2. The van der Waals surface area contributed by atoms with Crippen molar-refractivity contribution in [2.75, 3.05) is 11.9 Å². The molecule has 2 amide bonds. The van der Waals surface area contributed by atoms with Gasteiger partial charge in [0.2, 0.25) is 0 Å². The van der Waals surface area contributed by atoms with Crippen molar-refractivity contribution in [2.24, 2.45) is 0 Å². The lowest BCUT2D eigenvalue weighted by atomic mass is 10.0. The van der Waals surface area contributed by atoms with Crippen molar-refractivity contribution < 1.29 is 9.59 Å². The Labute approximate surface area is 138 Å². The van der Waals surface area contributed by atoms with E-state index in [1.807, 2.05) is 37.3 Å². The van der Waals surface area contributed by atoms with Gasteiger partial charge in [-0.3, -0.25) is 9.59 Å². The quantitative estimate of drug-likeness (QED) is 0.821. The number of benzene rings is 2. The van der Waals surface area contributed by atoms with Crippen molar-refractivity contribution in [3.8, 4) is 0 Å². The van der Waals surface area contributed by atoms with Gasteiger partial charge in [0.05, 0.1) is 0 Å². The highest BCUT2D eigenvalue weighted by Gasteiger charge is 2.15. The summed E-state index contributed by atoms with van der Waals surface area (Å²) >= 11 is 3.31. The molecule has 0 radical (unpaired) electrons. The molecule has 0 aliphatic rings. The first-order valence-corrected chi connectivity index (χ1v) is 7.75. The van der Waals surface area contributed by atoms with Crippen molar-refractivity contribution in [3.05, 3.63) is 64.6 Å². The van der Waals surface area contributed by atoms with Crippen molar-refractivity contribution in [1.82, 2.24) is 5.32 Å². The number of rotatable bonds is 4. The van der Waals surface area contributed by atoms with Gasteiger partial charge < -0.3 is 10.6 Å². The van der Waals surface area contributed by atoms with E-state index in [0.29, 0.717) is 12.2 Å². The van der Waals surface area contributed by atoms with Gasteiger partial charge in [-0.25, -0.2) is 0 Å². The van der Waals surface area contributed by atoms with Gasteiger partial charge in [-0.1, -0.05) is 53.2 Å². The van der Waals surface area contributed by atoms with Crippen molar-refractivity contribution >= 4 is 33.4 Å². The lowest BCUT2D eigenvalue weighted by Gasteiger charge is -2.13. The Kier molecular flexibility index (Phi) is 5.72. The van der Waals surface area contributed by atoms with E-state index in [9.17, 15) is 9.59 Å². The summed E-state index contributed by atoms with van der Waals surface area (Å²) in [6.45, 7) is 2.42. The maximum atomic E-state index is 11.8. The molecule has 0 aromatic heterocycles. The minimum atomic E-state index is -0.664. The van der Waals surface area contributed by atoms with Crippen LogP contribution < -0.4 is 10.6 Å². The third-order valence-corrected chi connectivity index (χ3v) is 3.77. The Balaban J connectivity index is 1.84. The smallest absolute Gasteiger partial charge is 0.313 e. The van der Waals surface area contributed by atoms with Crippen LogP contribution in [0.25, 0.3) is 0 Å². The Hall–Kier alpha value is -2.14. The summed E-state index contributed by atoms with van der Waals surface area (Å²) < 4.78 is 0.909. The summed E-state index contributed by atoms with van der Waals surface area (Å²) in [4.78, 5) is 23.6. The van der Waals surface area contributed by atoms with E-state index in [1.165, 1.54) is 0 Å². The number of amides is 2. The molecule has 0 saturated carbocycles. The molecule has 0 heterocycles. The van der Waals surface area contributed by atoms with Crippen LogP contribution in [0.4, 0.5) is 5.69 Å². The van der Waals surface area contributed by atoms with Crippen molar-refractivity contribution in [3.63, 3.8) is 0 Å². The first-order valence-electron chi connectivity index (χ1n) is 6.96. The SMILES string of the molecule is C[C@H](CNC(=O)C(=O)Nc1ccc(Br)cc1)c1ccccc1. The number of hydrogen-bond acceptors (Lipinski definition) is 2. The van der Waals surface area contributed by atoms with Crippen molar-refractivity contribution in [1.29, 1.82) is 0 Å². The van der Waals surface area contributed by atoms with E-state index in [1.54, 1.807) is 24.3 Å². The van der Waals surface area contributed by atoms with Crippen LogP contribution in [-0.2, 0) is 9.59 Å². The molecule has 5 heteroatoms. The Morgan fingerprint density at radius 2 is 1.64 bits per heavy atom. The number of anilines is 1. The number of hydrogen-bond donors (Lipinski definition) is 2. The van der Waals surface area contributed by atoms with Crippen LogP contribution in [0.1, 0.15) is 18.4 Å². The fourth-order valence-corrected chi connectivity index (χ4v) is 2.21. The minimum absolute atomic E-state index is 0.144. The lowest BCUT2D eigenvalue weighted by molar-refractivity contribution is -0.136. The predicted octanol–water partition coefficient (Wildman–Crippen LogP) is 3.31. The predicted molar refractivity (Wildman–Crippen MR) is 90.6 cm³/mol. The molecule has 4 nitrogen and oxygen atoms in total. The van der Waals surface area contributed by atoms with E-state index in [0.717, 1.165) is 10.0 Å². The standard InChI is InChI=1S/C17H17BrN2O2/c1-12(13-5-3-2-4-6-13)11-19-16(21)17(22)20-15-9-7-14(18)8-10-15/h2-10,12H,11H2,1H3,(H,19,21)(H,20,22)/t12-/m1/s1. The number of carbonyl (C=O) groups excluding carboxylic acids is 2. The first-order chi connectivity index (χ1) is 10.6. The van der Waals surface area contributed by atoms with Gasteiger partial charge in [-0.15, -0.1) is 0 Å². The Morgan fingerprint density at radius 3 is 2.27 bits per heavy atom. The molecule has 0 spiro atoms. The average molecular weight is 361 g/mol. The molecule has 2 N–H and O–H groups in total. The average Bonchev–Trinajstić information content (AvgIpc) is 2.55. The number of carbonyl (C=O) groups is 2. The van der Waals surface area contributed by atoms with E-state index < -0.39 is 11.8 Å². The van der Waals surface area contributed by atoms with E-state index in [4.69, 9.17) is 0 Å². The highest BCUT2D eigenvalue weighted by Crippen LogP contribution is 2.14. The molecule has 2 aromatic rings. The molecule has 0 aliphatic heterocycles. The largest absolute Gasteiger partial charge is 0.347 e. The zero-order valence-corrected chi connectivity index (χ0v) is 13.8. The van der Waals surface area contributed by atoms with Gasteiger partial charge in [-0.2, -0.15) is 0 Å². The van der Waals surface area contributed by atoms with E-state index >= 15 is 0 Å². The summed E-state index contributed by atoms with van der Waals surface area (Å²) in [5.74, 6) is -1.15. The number of halogens is 1. The molecule has 1 atom stereocenters. The molecule has 0 aliphatic carbocycles. The fraction of sp³-hybridized carbons (Fsp3) is 0.176. The molecule has 22 heavy (non-hydrogen) atoms. The van der Waals surface area contributed by atoms with Gasteiger partial charge in [0.1, 0.15) is 0 Å². The second-order valence-corrected chi connectivity index (χ2v) is 5.90. The molecule has 0 fully saturated rings. The first kappa shape index (κ1) is 16.2. The monoisotopic (exact) mass is 360 g/mol. The van der Waals surface area contributed by atoms with Gasteiger partial charge in [0, 0.05) is 16.7 Å². The van der Waals surface area contributed by atoms with Gasteiger partial charge in [-0.05, 0) is 35.7 Å². The highest BCUT2D eigenvalue weighted by molar-refractivity contribution is 9.10. The van der Waals surface area contributed by atoms with Gasteiger partial charge in [0.15, 0.2) is 0 Å². The second-order valence-electron chi connectivity index (χ2n) is 4.98. The zero-order chi connectivity index (χ0) is 15.9. The Bertz CT molecular complexity index is 641. The molecule has 0 bridgehead atoms. The van der Waals surface area contributed by atoms with Crippen LogP contribution in [0.3, 0.4) is 0 Å². The second kappa shape index (κ2) is 7.75. The van der Waals surface area contributed by atoms with Crippen LogP contribution in [0.15, 0.2) is 59.1 Å². The molecule has 114 valence electrons. The summed E-state index contributed by atoms with van der Waals surface area (Å²) in [7, 11) is 0. The minimum Gasteiger partial charge on any atom is -0.347 e.